The first-order valence-corrected chi connectivity index (χ1v) is 11.8. The summed E-state index contributed by atoms with van der Waals surface area (Å²) in [6.07, 6.45) is 6.14. The Morgan fingerprint density at radius 3 is 2.38 bits per heavy atom. The van der Waals surface area contributed by atoms with Gasteiger partial charge in [0.15, 0.2) is 15.0 Å². The van der Waals surface area contributed by atoms with Crippen molar-refractivity contribution in [2.45, 2.75) is 83.3 Å². The summed E-state index contributed by atoms with van der Waals surface area (Å²) in [4.78, 5) is 14.4. The van der Waals surface area contributed by atoms with Gasteiger partial charge in [-0.25, -0.2) is 18.2 Å². The zero-order valence-corrected chi connectivity index (χ0v) is 17.9. The van der Waals surface area contributed by atoms with Crippen molar-refractivity contribution in [2.75, 3.05) is 11.1 Å². The number of unbranched alkanes of at least 4 members (excludes halogenated alkanes) is 3. The summed E-state index contributed by atoms with van der Waals surface area (Å²) < 4.78 is 23.2. The molecule has 1 amide bonds. The molecule has 0 aromatic carbocycles. The van der Waals surface area contributed by atoms with Gasteiger partial charge in [0.25, 0.3) is 0 Å². The van der Waals surface area contributed by atoms with Crippen molar-refractivity contribution in [2.24, 2.45) is 0 Å². The van der Waals surface area contributed by atoms with Gasteiger partial charge in [0.05, 0.1) is 16.7 Å². The molecule has 0 spiro atoms. The van der Waals surface area contributed by atoms with Crippen molar-refractivity contribution in [3.8, 4) is 0 Å². The van der Waals surface area contributed by atoms with E-state index >= 15 is 0 Å². The van der Waals surface area contributed by atoms with E-state index < -0.39 is 15.9 Å². The lowest BCUT2D eigenvalue weighted by Crippen LogP contribution is -2.30. The van der Waals surface area contributed by atoms with Gasteiger partial charge in [0.1, 0.15) is 0 Å². The predicted molar refractivity (Wildman–Crippen MR) is 108 cm³/mol. The lowest BCUT2D eigenvalue weighted by molar-refractivity contribution is 0.209. The smallest absolute Gasteiger partial charge is 0.410 e. The summed E-state index contributed by atoms with van der Waals surface area (Å²) in [5.74, 6) is 0.428. The van der Waals surface area contributed by atoms with Crippen LogP contribution in [0.25, 0.3) is 0 Å². The summed E-state index contributed by atoms with van der Waals surface area (Å²) in [6, 6.07) is 0. The second-order valence-corrected chi connectivity index (χ2v) is 11.0. The molecule has 2 N–H and O–H groups in total. The third-order valence-corrected chi connectivity index (χ3v) is 7.43. The van der Waals surface area contributed by atoms with E-state index in [0.717, 1.165) is 37.8 Å². The lowest BCUT2D eigenvalue weighted by atomic mass is 9.93. The molecule has 0 unspecified atom stereocenters. The number of anilines is 1. The number of aromatic nitrogens is 1. The zero-order valence-electron chi connectivity index (χ0n) is 16.2. The van der Waals surface area contributed by atoms with E-state index in [1.165, 1.54) is 24.2 Å². The van der Waals surface area contributed by atoms with Crippen LogP contribution in [0.4, 0.5) is 9.93 Å². The standard InChI is InChI=1S/C10H20O2S.C8H12N2O2S/c1-2-3-4-5-9-13(11,12)10-7-6-8-10;1-8(2,3)5-4-13-6(9-5)10-7(11)12/h10H,2-9H2,1H3;4H,1-3H3,(H,9,10)(H,11,12). The zero-order chi connectivity index (χ0) is 19.8. The minimum absolute atomic E-state index is 0.0223. The highest BCUT2D eigenvalue weighted by Gasteiger charge is 2.30. The van der Waals surface area contributed by atoms with Crippen LogP contribution in [0, 0.1) is 0 Å². The van der Waals surface area contributed by atoms with E-state index in [-0.39, 0.29) is 10.7 Å². The second-order valence-electron chi connectivity index (χ2n) is 7.70. The van der Waals surface area contributed by atoms with Crippen LogP contribution in [0.2, 0.25) is 0 Å². The molecule has 0 atom stereocenters. The molecule has 0 radical (unpaired) electrons. The Morgan fingerprint density at radius 1 is 1.31 bits per heavy atom. The molecule has 150 valence electrons. The molecule has 1 saturated carbocycles. The van der Waals surface area contributed by atoms with E-state index in [9.17, 15) is 13.2 Å². The van der Waals surface area contributed by atoms with E-state index in [0.29, 0.717) is 10.9 Å². The molecule has 1 aliphatic rings. The lowest BCUT2D eigenvalue weighted by Gasteiger charge is -2.25. The average molecular weight is 405 g/mol. The third-order valence-electron chi connectivity index (χ3n) is 4.33. The maximum absolute atomic E-state index is 11.6. The highest BCUT2D eigenvalue weighted by Crippen LogP contribution is 2.27. The summed E-state index contributed by atoms with van der Waals surface area (Å²) in [5, 5.41) is 13.0. The van der Waals surface area contributed by atoms with Crippen molar-refractivity contribution >= 4 is 32.4 Å². The van der Waals surface area contributed by atoms with Crippen LogP contribution in [-0.2, 0) is 15.3 Å². The van der Waals surface area contributed by atoms with E-state index in [1.54, 1.807) is 0 Å². The number of thiazole rings is 1. The van der Waals surface area contributed by atoms with Crippen LogP contribution < -0.4 is 5.32 Å². The molecule has 0 bridgehead atoms. The average Bonchev–Trinajstić information content (AvgIpc) is 2.89. The fourth-order valence-corrected chi connectivity index (χ4v) is 5.31. The third kappa shape index (κ3) is 8.03. The van der Waals surface area contributed by atoms with Gasteiger partial charge in [-0.3, -0.25) is 5.32 Å². The van der Waals surface area contributed by atoms with Crippen molar-refractivity contribution in [3.05, 3.63) is 11.1 Å². The molecule has 1 aliphatic carbocycles. The van der Waals surface area contributed by atoms with Crippen molar-refractivity contribution < 1.29 is 18.3 Å². The fraction of sp³-hybridized carbons (Fsp3) is 0.778. The van der Waals surface area contributed by atoms with Crippen LogP contribution in [0.3, 0.4) is 0 Å². The van der Waals surface area contributed by atoms with Gasteiger partial charge >= 0.3 is 6.09 Å². The minimum atomic E-state index is -2.70. The number of hydrogen-bond donors (Lipinski definition) is 2. The number of hydrogen-bond acceptors (Lipinski definition) is 5. The maximum atomic E-state index is 11.6. The van der Waals surface area contributed by atoms with E-state index in [2.05, 4.69) is 17.2 Å². The van der Waals surface area contributed by atoms with Gasteiger partial charge in [-0.1, -0.05) is 53.4 Å². The molecule has 6 nitrogen and oxygen atoms in total. The highest BCUT2D eigenvalue weighted by atomic mass is 32.2. The number of amides is 1. The Kier molecular flexibility index (Phi) is 9.03. The molecule has 8 heteroatoms. The highest BCUT2D eigenvalue weighted by molar-refractivity contribution is 7.92. The van der Waals surface area contributed by atoms with Crippen LogP contribution in [-0.4, -0.2) is 35.6 Å². The van der Waals surface area contributed by atoms with Gasteiger partial charge in [-0.05, 0) is 19.3 Å². The first kappa shape index (κ1) is 22.9. The molecular formula is C18H32N2O4S2. The number of rotatable bonds is 7. The van der Waals surface area contributed by atoms with Crippen molar-refractivity contribution in [1.82, 2.24) is 4.98 Å². The van der Waals surface area contributed by atoms with Gasteiger partial charge in [-0.2, -0.15) is 0 Å². The molecule has 1 aromatic heterocycles. The van der Waals surface area contributed by atoms with Crippen molar-refractivity contribution in [3.63, 3.8) is 0 Å². The Balaban J connectivity index is 0.000000260. The maximum Gasteiger partial charge on any atom is 0.410 e. The first-order valence-electron chi connectivity index (χ1n) is 9.23. The molecule has 0 saturated heterocycles. The van der Waals surface area contributed by atoms with Gasteiger partial charge in [-0.15, -0.1) is 11.3 Å². The summed E-state index contributed by atoms with van der Waals surface area (Å²) in [7, 11) is -2.70. The topological polar surface area (TPSA) is 96.4 Å². The molecule has 1 heterocycles. The number of sulfone groups is 1. The number of carbonyl (C=O) groups is 1. The van der Waals surface area contributed by atoms with E-state index in [1.807, 2.05) is 26.2 Å². The molecular weight excluding hydrogens is 372 g/mol. The number of nitrogens with zero attached hydrogens (tertiary/aromatic N) is 1. The van der Waals surface area contributed by atoms with Gasteiger partial charge in [0, 0.05) is 10.8 Å². The summed E-state index contributed by atoms with van der Waals surface area (Å²) in [5.41, 5.74) is 0.871. The summed E-state index contributed by atoms with van der Waals surface area (Å²) in [6.45, 7) is 8.24. The normalized spacial score (nSPS) is 14.9. The van der Waals surface area contributed by atoms with Crippen LogP contribution in [0.1, 0.15) is 78.3 Å². The van der Waals surface area contributed by atoms with Gasteiger partial charge < -0.3 is 5.11 Å². The largest absolute Gasteiger partial charge is 0.465 e. The Bertz CT molecular complexity index is 659. The Morgan fingerprint density at radius 2 is 1.96 bits per heavy atom. The van der Waals surface area contributed by atoms with Gasteiger partial charge in [0.2, 0.25) is 0 Å². The molecule has 26 heavy (non-hydrogen) atoms. The van der Waals surface area contributed by atoms with Crippen LogP contribution in [0.15, 0.2) is 5.38 Å². The molecule has 1 fully saturated rings. The molecule has 2 rings (SSSR count). The first-order chi connectivity index (χ1) is 12.1. The molecule has 1 aromatic rings. The SMILES string of the molecule is CC(C)(C)c1csc(NC(=O)O)n1.CCCCCCS(=O)(=O)C1CCC1. The number of carboxylic acid groups (broad SMARTS) is 1. The van der Waals surface area contributed by atoms with Crippen LogP contribution in [0.5, 0.6) is 0 Å². The minimum Gasteiger partial charge on any atom is -0.465 e. The van der Waals surface area contributed by atoms with Crippen molar-refractivity contribution in [1.29, 1.82) is 0 Å². The Labute approximate surface area is 161 Å². The Hall–Kier alpha value is -1.15. The number of nitrogens with one attached hydrogen (secondary N) is 1. The van der Waals surface area contributed by atoms with E-state index in [4.69, 9.17) is 5.11 Å². The molecule has 0 aliphatic heterocycles. The second kappa shape index (κ2) is 10.3. The van der Waals surface area contributed by atoms with Crippen LogP contribution >= 0.6 is 11.3 Å². The monoisotopic (exact) mass is 404 g/mol. The predicted octanol–water partition coefficient (Wildman–Crippen LogP) is 5.06. The summed E-state index contributed by atoms with van der Waals surface area (Å²) >= 11 is 1.30. The quantitative estimate of drug-likeness (QED) is 0.619. The fourth-order valence-electron chi connectivity index (χ4n) is 2.39.